The van der Waals surface area contributed by atoms with Crippen LogP contribution in [0.1, 0.15) is 61.5 Å². The van der Waals surface area contributed by atoms with Crippen LogP contribution in [0.25, 0.3) is 10.1 Å². The number of fused-ring (bicyclic) bond motifs is 3. The van der Waals surface area contributed by atoms with E-state index < -0.39 is 5.60 Å². The molecule has 1 aromatic heterocycles. The van der Waals surface area contributed by atoms with Crippen molar-refractivity contribution >= 4 is 21.4 Å². The first-order valence-corrected chi connectivity index (χ1v) is 16.5. The molecule has 41 heavy (non-hydrogen) atoms. The summed E-state index contributed by atoms with van der Waals surface area (Å²) in [6, 6.07) is 16.0. The Hall–Kier alpha value is -2.12. The standard InChI is InChI=1S/C35H41NO4S/c1-32(21-39-19-25-16-23-6-4-5-7-27(23)41-25)20-33-12-13-35(32,38-3)31-34(33)14-15-36(18-22-8-9-22)28(33)17-24-10-11-26(37-2)30(40-31)29(24)34/h4-7,10-11,16,22,28,31H,8-9,12-15,17-21H2,1-3H3/t28-,31-,32-,33-,34?,35?/m1/s1. The Morgan fingerprint density at radius 3 is 2.76 bits per heavy atom. The van der Waals surface area contributed by atoms with Crippen molar-refractivity contribution < 1.29 is 18.9 Å². The third kappa shape index (κ3) is 3.08. The molecule has 10 rings (SSSR count). The Kier molecular flexibility index (Phi) is 5.26. The van der Waals surface area contributed by atoms with Crippen LogP contribution in [0, 0.1) is 16.7 Å². The minimum absolute atomic E-state index is 0.0173. The zero-order valence-corrected chi connectivity index (χ0v) is 25.4. The maximum atomic E-state index is 7.23. The van der Waals surface area contributed by atoms with E-state index in [2.05, 4.69) is 54.3 Å². The molecule has 4 bridgehead atoms. The fourth-order valence-electron chi connectivity index (χ4n) is 10.8. The van der Waals surface area contributed by atoms with E-state index in [-0.39, 0.29) is 22.3 Å². The summed E-state index contributed by atoms with van der Waals surface area (Å²) < 4.78 is 28.0. The van der Waals surface area contributed by atoms with Crippen LogP contribution in [0.3, 0.4) is 0 Å². The molecule has 2 aliphatic heterocycles. The molecule has 0 amide bonds. The first-order chi connectivity index (χ1) is 20.0. The number of hydrogen-bond donors (Lipinski definition) is 0. The minimum Gasteiger partial charge on any atom is -0.493 e. The number of piperidine rings is 1. The van der Waals surface area contributed by atoms with E-state index in [1.54, 1.807) is 7.11 Å². The van der Waals surface area contributed by atoms with E-state index >= 15 is 0 Å². The normalized spacial score (nSPS) is 38.2. The van der Waals surface area contributed by atoms with Crippen LogP contribution in [0.15, 0.2) is 42.5 Å². The van der Waals surface area contributed by atoms with Crippen molar-refractivity contribution in [3.8, 4) is 11.5 Å². The molecule has 2 spiro atoms. The molecule has 3 aromatic rings. The first-order valence-electron chi connectivity index (χ1n) is 15.7. The zero-order chi connectivity index (χ0) is 27.6. The van der Waals surface area contributed by atoms with Crippen LogP contribution in [-0.2, 0) is 27.9 Å². The van der Waals surface area contributed by atoms with Gasteiger partial charge in [0.25, 0.3) is 0 Å². The number of nitrogens with zero attached hydrogens (tertiary/aromatic N) is 1. The van der Waals surface area contributed by atoms with Gasteiger partial charge in [-0.1, -0.05) is 31.2 Å². The summed E-state index contributed by atoms with van der Waals surface area (Å²) in [6.45, 7) is 6.21. The smallest absolute Gasteiger partial charge is 0.165 e. The molecule has 5 aliphatic carbocycles. The van der Waals surface area contributed by atoms with Gasteiger partial charge in [-0.25, -0.2) is 0 Å². The van der Waals surface area contributed by atoms with Gasteiger partial charge in [-0.2, -0.15) is 0 Å². The van der Waals surface area contributed by atoms with Crippen LogP contribution in [0.2, 0.25) is 0 Å². The van der Waals surface area contributed by atoms with Crippen LogP contribution in [0.4, 0.5) is 0 Å². The van der Waals surface area contributed by atoms with Gasteiger partial charge in [0.2, 0.25) is 0 Å². The number of ether oxygens (including phenoxy) is 4. The number of thiophene rings is 1. The van der Waals surface area contributed by atoms with Gasteiger partial charge in [-0.05, 0) is 86.6 Å². The molecule has 6 heteroatoms. The van der Waals surface area contributed by atoms with E-state index in [9.17, 15) is 0 Å². The van der Waals surface area contributed by atoms with Gasteiger partial charge < -0.3 is 18.9 Å². The predicted octanol–water partition coefficient (Wildman–Crippen LogP) is 6.74. The van der Waals surface area contributed by atoms with Crippen molar-refractivity contribution in [2.45, 2.75) is 81.6 Å². The highest BCUT2D eigenvalue weighted by Gasteiger charge is 2.83. The van der Waals surface area contributed by atoms with Crippen LogP contribution in [0.5, 0.6) is 11.5 Å². The highest BCUT2D eigenvalue weighted by molar-refractivity contribution is 7.19. The molecule has 2 aromatic carbocycles. The molecule has 6 atom stereocenters. The number of rotatable bonds is 8. The molecule has 5 fully saturated rings. The SMILES string of the molecule is COc1ccc2c3c1O[C@H]1C4(OC)CC[C@@]5(C[C@]4(C)COCc4cc6ccccc6s4)[C@@H](C2)N(CC2CC2)CCC315. The zero-order valence-electron chi connectivity index (χ0n) is 24.5. The average Bonchev–Trinajstić information content (AvgIpc) is 3.58. The molecule has 5 nitrogen and oxygen atoms in total. The molecule has 0 radical (unpaired) electrons. The number of benzene rings is 2. The summed E-state index contributed by atoms with van der Waals surface area (Å²) in [7, 11) is 3.72. The monoisotopic (exact) mass is 571 g/mol. The maximum absolute atomic E-state index is 7.23. The summed E-state index contributed by atoms with van der Waals surface area (Å²) in [4.78, 5) is 4.20. The summed E-state index contributed by atoms with van der Waals surface area (Å²) in [5, 5.41) is 1.31. The number of hydrogen-bond acceptors (Lipinski definition) is 6. The summed E-state index contributed by atoms with van der Waals surface area (Å²) in [5.74, 6) is 2.78. The van der Waals surface area contributed by atoms with Gasteiger partial charge >= 0.3 is 0 Å². The van der Waals surface area contributed by atoms with E-state index in [4.69, 9.17) is 18.9 Å². The Bertz CT molecular complexity index is 1520. The third-order valence-corrected chi connectivity index (χ3v) is 13.6. The largest absolute Gasteiger partial charge is 0.493 e. The third-order valence-electron chi connectivity index (χ3n) is 12.5. The van der Waals surface area contributed by atoms with E-state index in [1.807, 2.05) is 18.4 Å². The molecule has 3 heterocycles. The van der Waals surface area contributed by atoms with Crippen molar-refractivity contribution in [1.82, 2.24) is 4.90 Å². The lowest BCUT2D eigenvalue weighted by Crippen LogP contribution is -2.83. The Morgan fingerprint density at radius 2 is 1.95 bits per heavy atom. The maximum Gasteiger partial charge on any atom is 0.165 e. The highest BCUT2D eigenvalue weighted by Crippen LogP contribution is 2.79. The number of likely N-dealkylation sites (tertiary alicyclic amines) is 1. The van der Waals surface area contributed by atoms with Gasteiger partial charge in [-0.15, -0.1) is 11.3 Å². The van der Waals surface area contributed by atoms with E-state index in [0.717, 1.165) is 49.6 Å². The quantitative estimate of drug-likeness (QED) is 0.300. The molecule has 4 saturated carbocycles. The lowest BCUT2D eigenvalue weighted by Gasteiger charge is -2.76. The molecule has 7 aliphatic rings. The Morgan fingerprint density at radius 1 is 1.07 bits per heavy atom. The van der Waals surface area contributed by atoms with E-state index in [1.165, 1.54) is 51.9 Å². The topological polar surface area (TPSA) is 40.2 Å². The second-order valence-electron chi connectivity index (χ2n) is 14.2. The second-order valence-corrected chi connectivity index (χ2v) is 15.4. The molecular weight excluding hydrogens is 530 g/mol. The first kappa shape index (κ1) is 25.4. The predicted molar refractivity (Wildman–Crippen MR) is 161 cm³/mol. The summed E-state index contributed by atoms with van der Waals surface area (Å²) in [6.07, 6.45) is 8.42. The Balaban J connectivity index is 1.13. The van der Waals surface area contributed by atoms with Crippen LogP contribution in [-0.4, -0.2) is 56.6 Å². The molecule has 2 unspecified atom stereocenters. The van der Waals surface area contributed by atoms with Gasteiger partial charge in [0.15, 0.2) is 11.5 Å². The van der Waals surface area contributed by atoms with Crippen LogP contribution >= 0.6 is 11.3 Å². The van der Waals surface area contributed by atoms with Crippen molar-refractivity contribution in [1.29, 1.82) is 0 Å². The molecule has 216 valence electrons. The second kappa shape index (κ2) is 8.49. The van der Waals surface area contributed by atoms with Gasteiger partial charge in [0.05, 0.1) is 20.3 Å². The Labute approximate surface area is 247 Å². The summed E-state index contributed by atoms with van der Waals surface area (Å²) >= 11 is 1.85. The minimum atomic E-state index is -0.406. The molecule has 1 saturated heterocycles. The van der Waals surface area contributed by atoms with Crippen molar-refractivity contribution in [3.05, 3.63) is 58.5 Å². The fraction of sp³-hybridized carbons (Fsp3) is 0.600. The molecule has 0 N–H and O–H groups in total. The van der Waals surface area contributed by atoms with Crippen LogP contribution < -0.4 is 9.47 Å². The number of methoxy groups -OCH3 is 2. The lowest BCUT2D eigenvalue weighted by atomic mass is 9.32. The fourth-order valence-corrected chi connectivity index (χ4v) is 11.8. The van der Waals surface area contributed by atoms with E-state index in [0.29, 0.717) is 19.3 Å². The summed E-state index contributed by atoms with van der Waals surface area (Å²) in [5.41, 5.74) is 2.54. The average molecular weight is 572 g/mol. The van der Waals surface area contributed by atoms with Gasteiger partial charge in [0, 0.05) is 51.1 Å². The van der Waals surface area contributed by atoms with Crippen molar-refractivity contribution in [3.63, 3.8) is 0 Å². The molecular formula is C35H41NO4S. The van der Waals surface area contributed by atoms with Gasteiger partial charge in [-0.3, -0.25) is 4.90 Å². The van der Waals surface area contributed by atoms with Crippen molar-refractivity contribution in [2.24, 2.45) is 16.7 Å². The van der Waals surface area contributed by atoms with Gasteiger partial charge in [0.1, 0.15) is 11.7 Å². The lowest BCUT2D eigenvalue weighted by molar-refractivity contribution is -0.314. The highest BCUT2D eigenvalue weighted by atomic mass is 32.1. The van der Waals surface area contributed by atoms with Crippen molar-refractivity contribution in [2.75, 3.05) is 33.9 Å².